The summed E-state index contributed by atoms with van der Waals surface area (Å²) in [6, 6.07) is 14.7. The Morgan fingerprint density at radius 1 is 1.05 bits per heavy atom. The molecule has 0 aliphatic carbocycles. The number of phenols is 1. The van der Waals surface area contributed by atoms with E-state index in [-0.39, 0.29) is 10.6 Å². The molecule has 0 fully saturated rings. The Morgan fingerprint density at radius 3 is 2.43 bits per heavy atom. The smallest absolute Gasteiger partial charge is 0.268 e. The first-order chi connectivity index (χ1) is 10.0. The molecule has 0 aliphatic rings. The minimum Gasteiger partial charge on any atom is -0.508 e. The Morgan fingerprint density at radius 2 is 1.76 bits per heavy atom. The third-order valence-electron chi connectivity index (χ3n) is 3.35. The zero-order valence-electron chi connectivity index (χ0n) is 11.2. The molecule has 1 radical (unpaired) electrons. The molecule has 0 amide bonds. The van der Waals surface area contributed by atoms with E-state index in [1.54, 1.807) is 42.5 Å². The first-order valence-electron chi connectivity index (χ1n) is 6.47. The van der Waals surface area contributed by atoms with E-state index in [2.05, 4.69) is 6.92 Å². The molecule has 1 N–H and O–H groups in total. The van der Waals surface area contributed by atoms with Gasteiger partial charge in [-0.3, -0.25) is 0 Å². The molecule has 0 bridgehead atoms. The molecule has 21 heavy (non-hydrogen) atoms. The molecule has 0 saturated carbocycles. The minimum atomic E-state index is -3.72. The van der Waals surface area contributed by atoms with Gasteiger partial charge in [0.25, 0.3) is 10.0 Å². The van der Waals surface area contributed by atoms with Gasteiger partial charge in [0.05, 0.1) is 10.4 Å². The number of aromatic nitrogens is 1. The average Bonchev–Trinajstić information content (AvgIpc) is 2.86. The molecule has 0 unspecified atom stereocenters. The van der Waals surface area contributed by atoms with E-state index >= 15 is 0 Å². The Bertz CT molecular complexity index is 896. The fourth-order valence-corrected chi connectivity index (χ4v) is 3.96. The summed E-state index contributed by atoms with van der Waals surface area (Å²) < 4.78 is 27.0. The van der Waals surface area contributed by atoms with Gasteiger partial charge in [0.2, 0.25) is 0 Å². The maximum absolute atomic E-state index is 12.9. The van der Waals surface area contributed by atoms with E-state index in [1.165, 1.54) is 16.1 Å². The van der Waals surface area contributed by atoms with Crippen molar-refractivity contribution in [1.29, 1.82) is 0 Å². The van der Waals surface area contributed by atoms with Crippen molar-refractivity contribution in [3.8, 4) is 5.75 Å². The van der Waals surface area contributed by atoms with Gasteiger partial charge in [-0.25, -0.2) is 12.4 Å². The van der Waals surface area contributed by atoms with E-state index in [1.807, 2.05) is 0 Å². The lowest BCUT2D eigenvalue weighted by Gasteiger charge is -2.11. The van der Waals surface area contributed by atoms with Gasteiger partial charge in [-0.05, 0) is 43.7 Å². The van der Waals surface area contributed by atoms with Crippen LogP contribution in [-0.4, -0.2) is 17.5 Å². The number of aromatic hydroxyl groups is 1. The van der Waals surface area contributed by atoms with Crippen molar-refractivity contribution < 1.29 is 13.5 Å². The molecule has 0 spiro atoms. The molecule has 3 rings (SSSR count). The first-order valence-corrected chi connectivity index (χ1v) is 7.91. The van der Waals surface area contributed by atoms with Crippen LogP contribution in [-0.2, 0) is 16.4 Å². The van der Waals surface area contributed by atoms with Gasteiger partial charge in [-0.2, -0.15) is 0 Å². The number of phenolic OH excluding ortho intramolecular Hbond substituents is 1. The molecule has 0 aliphatic heterocycles. The number of fused-ring (bicyclic) bond motifs is 1. The van der Waals surface area contributed by atoms with Crippen LogP contribution in [0.15, 0.2) is 59.5 Å². The summed E-state index contributed by atoms with van der Waals surface area (Å²) >= 11 is 0. The molecule has 1 heterocycles. The van der Waals surface area contributed by atoms with E-state index < -0.39 is 10.0 Å². The summed E-state index contributed by atoms with van der Waals surface area (Å²) in [7, 11) is -3.72. The zero-order chi connectivity index (χ0) is 15.0. The van der Waals surface area contributed by atoms with Crippen molar-refractivity contribution in [3.05, 3.63) is 67.2 Å². The summed E-state index contributed by atoms with van der Waals surface area (Å²) in [6.45, 7) is 3.79. The zero-order valence-corrected chi connectivity index (χ0v) is 12.0. The summed E-state index contributed by atoms with van der Waals surface area (Å²) in [6.07, 6.45) is 0.335. The van der Waals surface area contributed by atoms with Crippen LogP contribution in [0.2, 0.25) is 0 Å². The standard InChI is InChI=1S/C16H14NO3S/c1-2-13-10-12-8-9-14(18)11-16(12)17(13)21(19,20)15-6-4-3-5-7-15/h3-11,18H,1-2H2. The van der Waals surface area contributed by atoms with Crippen molar-refractivity contribution >= 4 is 20.9 Å². The van der Waals surface area contributed by atoms with Gasteiger partial charge in [-0.15, -0.1) is 0 Å². The van der Waals surface area contributed by atoms with Crippen LogP contribution < -0.4 is 0 Å². The Labute approximate surface area is 123 Å². The molecule has 3 aromatic rings. The molecule has 2 aromatic carbocycles. The van der Waals surface area contributed by atoms with E-state index in [0.29, 0.717) is 17.6 Å². The van der Waals surface area contributed by atoms with E-state index in [4.69, 9.17) is 0 Å². The molecular weight excluding hydrogens is 286 g/mol. The van der Waals surface area contributed by atoms with Crippen LogP contribution >= 0.6 is 0 Å². The Balaban J connectivity index is 2.36. The molecule has 4 nitrogen and oxygen atoms in total. The maximum Gasteiger partial charge on any atom is 0.268 e. The quantitative estimate of drug-likeness (QED) is 0.809. The number of benzene rings is 2. The van der Waals surface area contributed by atoms with Crippen LogP contribution in [0.3, 0.4) is 0 Å². The third-order valence-corrected chi connectivity index (χ3v) is 5.13. The molecule has 0 saturated heterocycles. The molecular formula is C16H14NO3S. The fraction of sp³-hybridized carbons (Fsp3) is 0.0625. The third kappa shape index (κ3) is 2.19. The normalized spacial score (nSPS) is 11.9. The molecule has 0 atom stereocenters. The van der Waals surface area contributed by atoms with Crippen molar-refractivity contribution in [2.24, 2.45) is 0 Å². The maximum atomic E-state index is 12.9. The highest BCUT2D eigenvalue weighted by Gasteiger charge is 2.22. The minimum absolute atomic E-state index is 0.0284. The second-order valence-corrected chi connectivity index (χ2v) is 6.50. The van der Waals surface area contributed by atoms with Gasteiger partial charge in [-0.1, -0.05) is 18.2 Å². The molecule has 107 valence electrons. The van der Waals surface area contributed by atoms with Gasteiger partial charge in [0, 0.05) is 17.1 Å². The lowest BCUT2D eigenvalue weighted by Crippen LogP contribution is -2.15. The summed E-state index contributed by atoms with van der Waals surface area (Å²) in [5.74, 6) is 0.0284. The van der Waals surface area contributed by atoms with Crippen LogP contribution in [0.5, 0.6) is 5.75 Å². The van der Waals surface area contributed by atoms with Gasteiger partial charge in [0.15, 0.2) is 0 Å². The SMILES string of the molecule is [CH2]Cc1cc2ccc(O)cc2n1S(=O)(=O)c1ccccc1. The van der Waals surface area contributed by atoms with Gasteiger partial charge >= 0.3 is 0 Å². The van der Waals surface area contributed by atoms with Gasteiger partial charge < -0.3 is 5.11 Å². The number of nitrogens with zero attached hydrogens (tertiary/aromatic N) is 1. The molecule has 5 heteroatoms. The first kappa shape index (κ1) is 13.7. The lowest BCUT2D eigenvalue weighted by atomic mass is 10.2. The van der Waals surface area contributed by atoms with E-state index in [0.717, 1.165) is 5.39 Å². The highest BCUT2D eigenvalue weighted by atomic mass is 32.2. The molecule has 1 aromatic heterocycles. The summed E-state index contributed by atoms with van der Waals surface area (Å²) in [4.78, 5) is 0.209. The summed E-state index contributed by atoms with van der Waals surface area (Å²) in [5.41, 5.74) is 1.04. The van der Waals surface area contributed by atoms with Crippen molar-refractivity contribution in [3.63, 3.8) is 0 Å². The van der Waals surface area contributed by atoms with Crippen molar-refractivity contribution in [2.75, 3.05) is 0 Å². The lowest BCUT2D eigenvalue weighted by molar-refractivity contribution is 0.476. The highest BCUT2D eigenvalue weighted by molar-refractivity contribution is 7.90. The van der Waals surface area contributed by atoms with E-state index in [9.17, 15) is 13.5 Å². The Hall–Kier alpha value is -2.27. The van der Waals surface area contributed by atoms with Crippen LogP contribution in [0.1, 0.15) is 5.69 Å². The predicted molar refractivity (Wildman–Crippen MR) is 81.7 cm³/mol. The predicted octanol–water partition coefficient (Wildman–Crippen LogP) is 2.96. The number of hydrogen-bond donors (Lipinski definition) is 1. The number of hydrogen-bond acceptors (Lipinski definition) is 3. The second-order valence-electron chi connectivity index (χ2n) is 4.71. The topological polar surface area (TPSA) is 59.3 Å². The van der Waals surface area contributed by atoms with Gasteiger partial charge in [0.1, 0.15) is 5.75 Å². The fourth-order valence-electron chi connectivity index (χ4n) is 2.38. The average molecular weight is 300 g/mol. The van der Waals surface area contributed by atoms with Crippen molar-refractivity contribution in [1.82, 2.24) is 3.97 Å². The summed E-state index contributed by atoms with van der Waals surface area (Å²) in [5, 5.41) is 10.4. The van der Waals surface area contributed by atoms with Crippen LogP contribution in [0.25, 0.3) is 10.9 Å². The van der Waals surface area contributed by atoms with Crippen LogP contribution in [0.4, 0.5) is 0 Å². The largest absolute Gasteiger partial charge is 0.508 e. The monoisotopic (exact) mass is 300 g/mol. The van der Waals surface area contributed by atoms with Crippen molar-refractivity contribution in [2.45, 2.75) is 11.3 Å². The van der Waals surface area contributed by atoms with Crippen LogP contribution in [0, 0.1) is 6.92 Å². The Kier molecular flexibility index (Phi) is 3.22. The number of rotatable bonds is 3. The second kappa shape index (κ2) is 4.93. The highest BCUT2D eigenvalue weighted by Crippen LogP contribution is 2.28.